The fourth-order valence-corrected chi connectivity index (χ4v) is 3.88. The lowest BCUT2D eigenvalue weighted by Gasteiger charge is -2.13. The first-order chi connectivity index (χ1) is 15.0. The predicted octanol–water partition coefficient (Wildman–Crippen LogP) is 3.97. The molecule has 0 fully saturated rings. The number of ether oxygens (including phenoxy) is 2. The van der Waals surface area contributed by atoms with Gasteiger partial charge in [0.15, 0.2) is 11.6 Å². The summed E-state index contributed by atoms with van der Waals surface area (Å²) >= 11 is 1.41. The molecule has 158 valence electrons. The second kappa shape index (κ2) is 9.01. The summed E-state index contributed by atoms with van der Waals surface area (Å²) < 4.78 is 12.9. The number of aromatic nitrogens is 2. The molecule has 1 amide bonds. The zero-order chi connectivity index (χ0) is 21.8. The van der Waals surface area contributed by atoms with Crippen LogP contribution in [-0.4, -0.2) is 21.9 Å². The zero-order valence-electron chi connectivity index (χ0n) is 17.1. The van der Waals surface area contributed by atoms with Gasteiger partial charge in [-0.3, -0.25) is 14.0 Å². The molecule has 0 saturated heterocycles. The van der Waals surface area contributed by atoms with Crippen LogP contribution in [0.2, 0.25) is 0 Å². The first kappa shape index (κ1) is 20.6. The third-order valence-corrected chi connectivity index (χ3v) is 5.50. The molecule has 0 bridgehead atoms. The molecule has 0 unspecified atom stereocenters. The van der Waals surface area contributed by atoms with Gasteiger partial charge in [0.1, 0.15) is 18.1 Å². The molecule has 2 aromatic carbocycles. The second-order valence-corrected chi connectivity index (χ2v) is 7.85. The molecule has 0 spiro atoms. The molecule has 0 aliphatic carbocycles. The molecule has 2 heterocycles. The highest BCUT2D eigenvalue weighted by molar-refractivity contribution is 7.15. The first-order valence-corrected chi connectivity index (χ1v) is 10.6. The smallest absolute Gasteiger partial charge is 0.262 e. The van der Waals surface area contributed by atoms with E-state index in [1.165, 1.54) is 17.4 Å². The highest BCUT2D eigenvalue weighted by atomic mass is 32.1. The summed E-state index contributed by atoms with van der Waals surface area (Å²) in [5.74, 6) is 0.806. The van der Waals surface area contributed by atoms with Crippen LogP contribution in [0.4, 0.5) is 5.69 Å². The van der Waals surface area contributed by atoms with Crippen molar-refractivity contribution in [3.63, 3.8) is 0 Å². The third kappa shape index (κ3) is 4.92. The van der Waals surface area contributed by atoms with Gasteiger partial charge in [-0.1, -0.05) is 29.8 Å². The number of hydrogen-bond donors (Lipinski definition) is 1. The minimum Gasteiger partial charge on any atom is -0.485 e. The number of fused-ring (bicyclic) bond motifs is 1. The van der Waals surface area contributed by atoms with Gasteiger partial charge >= 0.3 is 0 Å². The van der Waals surface area contributed by atoms with E-state index in [4.69, 9.17) is 9.47 Å². The summed E-state index contributed by atoms with van der Waals surface area (Å²) in [7, 11) is 0. The Balaban J connectivity index is 1.40. The van der Waals surface area contributed by atoms with E-state index in [0.29, 0.717) is 27.8 Å². The van der Waals surface area contributed by atoms with Gasteiger partial charge in [-0.05, 0) is 38.1 Å². The lowest BCUT2D eigenvalue weighted by molar-refractivity contribution is -0.118. The summed E-state index contributed by atoms with van der Waals surface area (Å²) in [6.45, 7) is 3.84. The van der Waals surface area contributed by atoms with Gasteiger partial charge in [0.2, 0.25) is 0 Å². The van der Waals surface area contributed by atoms with Gasteiger partial charge in [-0.25, -0.2) is 4.98 Å². The van der Waals surface area contributed by atoms with Crippen LogP contribution in [0.15, 0.2) is 64.8 Å². The Morgan fingerprint density at radius 3 is 2.68 bits per heavy atom. The van der Waals surface area contributed by atoms with E-state index in [2.05, 4.69) is 10.3 Å². The number of amides is 1. The minimum absolute atomic E-state index is 0.107. The Hall–Kier alpha value is -3.65. The Morgan fingerprint density at radius 2 is 1.87 bits per heavy atom. The number of para-hydroxylation sites is 2. The molecule has 31 heavy (non-hydrogen) atoms. The standard InChI is InChI=1S/C23H21N3O4S/c1-15-7-9-18(10-8-15)29-13-21(27)25-19-5-3-4-6-20(19)30-12-17-11-22(28)26-16(2)14-31-23(26)24-17/h3-11,14H,12-13H2,1-2H3,(H,25,27). The maximum atomic E-state index is 12.3. The average Bonchev–Trinajstić information content (AvgIpc) is 3.14. The number of rotatable bonds is 7. The van der Waals surface area contributed by atoms with Crippen LogP contribution in [0.1, 0.15) is 17.0 Å². The number of carbonyl (C=O) groups excluding carboxylic acids is 1. The van der Waals surface area contributed by atoms with Crippen LogP contribution >= 0.6 is 11.3 Å². The third-order valence-electron chi connectivity index (χ3n) is 4.56. The van der Waals surface area contributed by atoms with Crippen molar-refractivity contribution in [2.45, 2.75) is 20.5 Å². The van der Waals surface area contributed by atoms with Crippen LogP contribution in [-0.2, 0) is 11.4 Å². The second-order valence-electron chi connectivity index (χ2n) is 7.02. The molecule has 0 radical (unpaired) electrons. The monoisotopic (exact) mass is 435 g/mol. The van der Waals surface area contributed by atoms with Crippen LogP contribution in [0.5, 0.6) is 11.5 Å². The molecule has 4 rings (SSSR count). The number of nitrogens with zero attached hydrogens (tertiary/aromatic N) is 2. The summed E-state index contributed by atoms with van der Waals surface area (Å²) in [6.07, 6.45) is 0. The lowest BCUT2D eigenvalue weighted by Crippen LogP contribution is -2.20. The molecule has 0 atom stereocenters. The quantitative estimate of drug-likeness (QED) is 0.475. The number of aryl methyl sites for hydroxylation is 2. The highest BCUT2D eigenvalue weighted by Gasteiger charge is 2.11. The van der Waals surface area contributed by atoms with E-state index < -0.39 is 0 Å². The van der Waals surface area contributed by atoms with E-state index in [1.807, 2.05) is 49.6 Å². The topological polar surface area (TPSA) is 81.9 Å². The number of carbonyl (C=O) groups is 1. The fraction of sp³-hybridized carbons (Fsp3) is 0.174. The molecule has 7 nitrogen and oxygen atoms in total. The summed E-state index contributed by atoms with van der Waals surface area (Å²) in [5.41, 5.74) is 2.87. The Morgan fingerprint density at radius 1 is 1.10 bits per heavy atom. The Labute approximate surface area is 182 Å². The van der Waals surface area contributed by atoms with Gasteiger partial charge in [-0.15, -0.1) is 11.3 Å². The van der Waals surface area contributed by atoms with Gasteiger partial charge in [0.25, 0.3) is 11.5 Å². The van der Waals surface area contributed by atoms with E-state index in [1.54, 1.807) is 22.6 Å². The molecule has 4 aromatic rings. The predicted molar refractivity (Wildman–Crippen MR) is 120 cm³/mol. The number of benzene rings is 2. The van der Waals surface area contributed by atoms with E-state index >= 15 is 0 Å². The number of thiazole rings is 1. The van der Waals surface area contributed by atoms with Crippen molar-refractivity contribution in [2.24, 2.45) is 0 Å². The maximum Gasteiger partial charge on any atom is 0.262 e. The van der Waals surface area contributed by atoms with Crippen LogP contribution in [0.3, 0.4) is 0 Å². The van der Waals surface area contributed by atoms with E-state index in [-0.39, 0.29) is 24.7 Å². The van der Waals surface area contributed by atoms with Gasteiger partial charge < -0.3 is 14.8 Å². The van der Waals surface area contributed by atoms with Gasteiger partial charge in [0.05, 0.1) is 11.4 Å². The van der Waals surface area contributed by atoms with Crippen molar-refractivity contribution in [1.82, 2.24) is 9.38 Å². The van der Waals surface area contributed by atoms with Crippen LogP contribution in [0.25, 0.3) is 4.96 Å². The molecular formula is C23H21N3O4S. The molecule has 0 aliphatic heterocycles. The minimum atomic E-state index is -0.302. The highest BCUT2D eigenvalue weighted by Crippen LogP contribution is 2.25. The van der Waals surface area contributed by atoms with Crippen molar-refractivity contribution >= 4 is 27.9 Å². The fourth-order valence-electron chi connectivity index (χ4n) is 2.99. The summed E-state index contributed by atoms with van der Waals surface area (Å²) in [6, 6.07) is 16.0. The summed E-state index contributed by atoms with van der Waals surface area (Å²) in [5, 5.41) is 4.69. The number of anilines is 1. The SMILES string of the molecule is Cc1ccc(OCC(=O)Nc2ccccc2OCc2cc(=O)n3c(C)csc3n2)cc1. The first-order valence-electron chi connectivity index (χ1n) is 9.67. The average molecular weight is 436 g/mol. The van der Waals surface area contributed by atoms with Crippen molar-refractivity contribution in [3.05, 3.63) is 87.3 Å². The Kier molecular flexibility index (Phi) is 5.99. The number of nitrogens with one attached hydrogen (secondary N) is 1. The van der Waals surface area contributed by atoms with E-state index in [9.17, 15) is 9.59 Å². The van der Waals surface area contributed by atoms with Gasteiger partial charge in [-0.2, -0.15) is 0 Å². The molecule has 2 aromatic heterocycles. The lowest BCUT2D eigenvalue weighted by atomic mass is 10.2. The molecule has 0 saturated carbocycles. The molecular weight excluding hydrogens is 414 g/mol. The van der Waals surface area contributed by atoms with Crippen LogP contribution < -0.4 is 20.3 Å². The van der Waals surface area contributed by atoms with Crippen molar-refractivity contribution in [3.8, 4) is 11.5 Å². The normalized spacial score (nSPS) is 10.8. The zero-order valence-corrected chi connectivity index (χ0v) is 17.9. The van der Waals surface area contributed by atoms with E-state index in [0.717, 1.165) is 11.3 Å². The number of hydrogen-bond acceptors (Lipinski definition) is 6. The Bertz CT molecular complexity index is 1280. The van der Waals surface area contributed by atoms with Crippen molar-refractivity contribution < 1.29 is 14.3 Å². The molecule has 1 N–H and O–H groups in total. The van der Waals surface area contributed by atoms with Crippen molar-refractivity contribution in [2.75, 3.05) is 11.9 Å². The van der Waals surface area contributed by atoms with Crippen molar-refractivity contribution in [1.29, 1.82) is 0 Å². The van der Waals surface area contributed by atoms with Crippen LogP contribution in [0, 0.1) is 13.8 Å². The van der Waals surface area contributed by atoms with Gasteiger partial charge in [0, 0.05) is 17.1 Å². The summed E-state index contributed by atoms with van der Waals surface area (Å²) in [4.78, 5) is 29.7. The molecule has 0 aliphatic rings. The maximum absolute atomic E-state index is 12.3. The largest absolute Gasteiger partial charge is 0.485 e. The molecule has 8 heteroatoms.